The van der Waals surface area contributed by atoms with E-state index in [1.165, 1.54) is 31.3 Å². The molecule has 0 saturated heterocycles. The summed E-state index contributed by atoms with van der Waals surface area (Å²) < 4.78 is 15.5. The zero-order chi connectivity index (χ0) is 20.5. The molecule has 0 saturated carbocycles. The zero-order valence-electron chi connectivity index (χ0n) is 15.6. The van der Waals surface area contributed by atoms with E-state index in [-0.39, 0.29) is 29.7 Å². The van der Waals surface area contributed by atoms with Crippen LogP contribution in [0.4, 0.5) is 17.5 Å². The van der Waals surface area contributed by atoms with Crippen molar-refractivity contribution in [2.75, 3.05) is 11.9 Å². The van der Waals surface area contributed by atoms with E-state index in [4.69, 9.17) is 13.6 Å². The number of nitrogens with zero attached hydrogens (tertiary/aromatic N) is 2. The Labute approximate surface area is 160 Å². The molecule has 0 aliphatic heterocycles. The predicted molar refractivity (Wildman–Crippen MR) is 100 cm³/mol. The van der Waals surface area contributed by atoms with E-state index < -0.39 is 22.7 Å². The molecular formula is C18H21N3O7. The number of esters is 1. The summed E-state index contributed by atoms with van der Waals surface area (Å²) in [6.45, 7) is 3.63. The number of carbonyl (C=O) groups excluding carboxylic acids is 2. The number of aliphatic imine (C=N–C) groups is 1. The van der Waals surface area contributed by atoms with Crippen molar-refractivity contribution in [3.05, 3.63) is 39.8 Å². The van der Waals surface area contributed by atoms with Gasteiger partial charge in [-0.15, -0.1) is 0 Å². The fourth-order valence-electron chi connectivity index (χ4n) is 2.24. The second-order valence-corrected chi connectivity index (χ2v) is 5.89. The number of ether oxygens (including phenoxy) is 1. The van der Waals surface area contributed by atoms with Crippen LogP contribution < -0.4 is 5.32 Å². The van der Waals surface area contributed by atoms with E-state index in [0.717, 1.165) is 25.7 Å². The second kappa shape index (κ2) is 10.0. The maximum Gasteiger partial charge on any atom is 0.433 e. The normalized spacial score (nSPS) is 10.9. The van der Waals surface area contributed by atoms with Gasteiger partial charge in [-0.3, -0.25) is 20.2 Å². The molecule has 0 bridgehead atoms. The van der Waals surface area contributed by atoms with Gasteiger partial charge in [-0.25, -0.2) is 9.79 Å². The summed E-state index contributed by atoms with van der Waals surface area (Å²) in [7, 11) is 0. The van der Waals surface area contributed by atoms with Crippen LogP contribution in [0.5, 0.6) is 0 Å². The van der Waals surface area contributed by atoms with Gasteiger partial charge in [0.25, 0.3) is 0 Å². The zero-order valence-corrected chi connectivity index (χ0v) is 15.6. The van der Waals surface area contributed by atoms with Crippen LogP contribution in [0.15, 0.2) is 32.0 Å². The van der Waals surface area contributed by atoms with Gasteiger partial charge in [0, 0.05) is 13.0 Å². The number of hydrogen-bond acceptors (Lipinski definition) is 8. The number of furan rings is 2. The summed E-state index contributed by atoms with van der Waals surface area (Å²) in [6, 6.07) is 3.87. The molecule has 150 valence electrons. The molecule has 1 amide bonds. The summed E-state index contributed by atoms with van der Waals surface area (Å²) in [4.78, 5) is 37.5. The number of nitro groups is 1. The van der Waals surface area contributed by atoms with Gasteiger partial charge in [-0.2, -0.15) is 0 Å². The van der Waals surface area contributed by atoms with Gasteiger partial charge < -0.3 is 13.6 Å². The highest BCUT2D eigenvalue weighted by Crippen LogP contribution is 2.30. The SMILES string of the molecule is CCCCCCOC(=O)c1cc(N=Cc2ccc([N+](=O)[O-])o2)c(NC(C)=O)o1. The Morgan fingerprint density at radius 3 is 2.71 bits per heavy atom. The molecule has 2 aromatic rings. The maximum atomic E-state index is 12.1. The summed E-state index contributed by atoms with van der Waals surface area (Å²) in [5.41, 5.74) is 0.146. The number of anilines is 1. The monoisotopic (exact) mass is 391 g/mol. The minimum absolute atomic E-state index is 0.0391. The molecule has 0 atom stereocenters. The van der Waals surface area contributed by atoms with Crippen molar-refractivity contribution in [1.82, 2.24) is 0 Å². The largest absolute Gasteiger partial charge is 0.460 e. The molecule has 2 aromatic heterocycles. The van der Waals surface area contributed by atoms with E-state index in [9.17, 15) is 19.7 Å². The molecular weight excluding hydrogens is 370 g/mol. The van der Waals surface area contributed by atoms with Crippen molar-refractivity contribution < 1.29 is 28.1 Å². The molecule has 0 unspecified atom stereocenters. The lowest BCUT2D eigenvalue weighted by Crippen LogP contribution is -2.06. The molecule has 0 aliphatic rings. The highest BCUT2D eigenvalue weighted by Gasteiger charge is 2.19. The van der Waals surface area contributed by atoms with Crippen LogP contribution in [-0.2, 0) is 9.53 Å². The molecule has 0 aliphatic carbocycles. The summed E-state index contributed by atoms with van der Waals surface area (Å²) in [5.74, 6) is -1.54. The van der Waals surface area contributed by atoms with E-state index >= 15 is 0 Å². The van der Waals surface area contributed by atoms with Gasteiger partial charge in [0.05, 0.1) is 18.9 Å². The Kier molecular flexibility index (Phi) is 7.49. The van der Waals surface area contributed by atoms with Gasteiger partial charge >= 0.3 is 11.9 Å². The number of nitrogens with one attached hydrogen (secondary N) is 1. The molecule has 2 heterocycles. The van der Waals surface area contributed by atoms with E-state index in [1.54, 1.807) is 0 Å². The maximum absolute atomic E-state index is 12.1. The number of unbranched alkanes of at least 4 members (excludes halogenated alkanes) is 3. The summed E-state index contributed by atoms with van der Waals surface area (Å²) in [6.07, 6.45) is 5.06. The van der Waals surface area contributed by atoms with Gasteiger partial charge in [0.15, 0.2) is 5.76 Å². The van der Waals surface area contributed by atoms with Crippen molar-refractivity contribution >= 4 is 35.5 Å². The Morgan fingerprint density at radius 1 is 1.29 bits per heavy atom. The Balaban J connectivity index is 2.11. The smallest absolute Gasteiger partial charge is 0.433 e. The first-order chi connectivity index (χ1) is 13.4. The van der Waals surface area contributed by atoms with Crippen LogP contribution in [0.25, 0.3) is 0 Å². The van der Waals surface area contributed by atoms with E-state index in [0.29, 0.717) is 0 Å². The topological polar surface area (TPSA) is 137 Å². The van der Waals surface area contributed by atoms with Gasteiger partial charge in [-0.05, 0) is 12.5 Å². The molecule has 10 heteroatoms. The highest BCUT2D eigenvalue weighted by atomic mass is 16.6. The molecule has 1 N–H and O–H groups in total. The van der Waals surface area contributed by atoms with Crippen LogP contribution in [-0.4, -0.2) is 29.6 Å². The molecule has 28 heavy (non-hydrogen) atoms. The Hall–Kier alpha value is -3.43. The van der Waals surface area contributed by atoms with Crippen LogP contribution in [0.2, 0.25) is 0 Å². The molecule has 10 nitrogen and oxygen atoms in total. The van der Waals surface area contributed by atoms with Gasteiger partial charge in [0.1, 0.15) is 10.6 Å². The molecule has 0 spiro atoms. The van der Waals surface area contributed by atoms with E-state index in [1.807, 2.05) is 0 Å². The van der Waals surface area contributed by atoms with Crippen molar-refractivity contribution in [2.45, 2.75) is 39.5 Å². The second-order valence-electron chi connectivity index (χ2n) is 5.89. The van der Waals surface area contributed by atoms with Crippen molar-refractivity contribution in [2.24, 2.45) is 4.99 Å². The van der Waals surface area contributed by atoms with Crippen LogP contribution in [0, 0.1) is 10.1 Å². The molecule has 2 rings (SSSR count). The quantitative estimate of drug-likeness (QED) is 0.210. The average Bonchev–Trinajstić information content (AvgIpc) is 3.26. The molecule has 0 fully saturated rings. The lowest BCUT2D eigenvalue weighted by molar-refractivity contribution is -0.402. The van der Waals surface area contributed by atoms with Crippen LogP contribution >= 0.6 is 0 Å². The van der Waals surface area contributed by atoms with Crippen molar-refractivity contribution in [1.29, 1.82) is 0 Å². The minimum Gasteiger partial charge on any atom is -0.460 e. The number of hydrogen-bond donors (Lipinski definition) is 1. The Bertz CT molecular complexity index is 866. The first kappa shape index (κ1) is 20.9. The lowest BCUT2D eigenvalue weighted by Gasteiger charge is -2.02. The van der Waals surface area contributed by atoms with E-state index in [2.05, 4.69) is 17.2 Å². The average molecular weight is 391 g/mol. The predicted octanol–water partition coefficient (Wildman–Crippen LogP) is 4.23. The summed E-state index contributed by atoms with van der Waals surface area (Å²) in [5, 5.41) is 13.1. The number of amides is 1. The standard InChI is InChI=1S/C18H21N3O7/c1-3-4-5-6-9-26-18(23)15-10-14(17(28-15)20-12(2)22)19-11-13-7-8-16(27-13)21(24)25/h7-8,10-11H,3-6,9H2,1-2H3,(H,20,22). The first-order valence-corrected chi connectivity index (χ1v) is 8.77. The fraction of sp³-hybridized carbons (Fsp3) is 0.389. The van der Waals surface area contributed by atoms with Crippen molar-refractivity contribution in [3.8, 4) is 0 Å². The third-order valence-corrected chi connectivity index (χ3v) is 3.56. The lowest BCUT2D eigenvalue weighted by atomic mass is 10.2. The first-order valence-electron chi connectivity index (χ1n) is 8.77. The van der Waals surface area contributed by atoms with Gasteiger partial charge in [-0.1, -0.05) is 26.2 Å². The third kappa shape index (κ3) is 6.08. The van der Waals surface area contributed by atoms with Crippen LogP contribution in [0.1, 0.15) is 55.8 Å². The summed E-state index contributed by atoms with van der Waals surface area (Å²) >= 11 is 0. The minimum atomic E-state index is -0.674. The van der Waals surface area contributed by atoms with Crippen molar-refractivity contribution in [3.63, 3.8) is 0 Å². The van der Waals surface area contributed by atoms with Crippen LogP contribution in [0.3, 0.4) is 0 Å². The highest BCUT2D eigenvalue weighted by molar-refractivity contribution is 5.94. The number of carbonyl (C=O) groups is 2. The number of rotatable bonds is 10. The van der Waals surface area contributed by atoms with Gasteiger partial charge in [0.2, 0.25) is 17.6 Å². The molecule has 0 aromatic carbocycles. The Morgan fingerprint density at radius 2 is 2.07 bits per heavy atom. The molecule has 0 radical (unpaired) electrons. The fourth-order valence-corrected chi connectivity index (χ4v) is 2.24. The third-order valence-electron chi connectivity index (χ3n) is 3.56.